The fourth-order valence-electron chi connectivity index (χ4n) is 4.54. The summed E-state index contributed by atoms with van der Waals surface area (Å²) < 4.78 is 6.00. The van der Waals surface area contributed by atoms with Crippen molar-refractivity contribution in [2.75, 3.05) is 4.90 Å². The van der Waals surface area contributed by atoms with Crippen molar-refractivity contribution in [2.45, 2.75) is 6.92 Å². The van der Waals surface area contributed by atoms with Crippen LogP contribution in [0, 0.1) is 6.92 Å². The van der Waals surface area contributed by atoms with Gasteiger partial charge in [-0.15, -0.1) is 11.3 Å². The number of anilines is 2. The lowest BCUT2D eigenvalue weighted by Gasteiger charge is -2.22. The monoisotopic (exact) mass is 527 g/mol. The summed E-state index contributed by atoms with van der Waals surface area (Å²) in [5.41, 5.74) is 13.5. The van der Waals surface area contributed by atoms with Crippen molar-refractivity contribution in [2.24, 2.45) is 5.11 Å². The lowest BCUT2D eigenvalue weighted by Crippen LogP contribution is -2.25. The quantitative estimate of drug-likeness (QED) is 0.123. The molecule has 0 aliphatic carbocycles. The van der Waals surface area contributed by atoms with E-state index in [9.17, 15) is 10.3 Å². The van der Waals surface area contributed by atoms with Gasteiger partial charge in [0.15, 0.2) is 0 Å². The molecule has 0 aliphatic rings. The first-order valence-electron chi connectivity index (χ1n) is 12.2. The van der Waals surface area contributed by atoms with Gasteiger partial charge in [0.2, 0.25) is 0 Å². The maximum absolute atomic E-state index is 14.3. The highest BCUT2D eigenvalue weighted by Crippen LogP contribution is 2.46. The fraction of sp³-hybridized carbons (Fsp3) is 0.0323. The molecule has 0 atom stereocenters. The summed E-state index contributed by atoms with van der Waals surface area (Å²) in [6.45, 7) is 1.87. The zero-order chi connectivity index (χ0) is 26.8. The SMILES string of the molecule is Cc1ccc(-c2cc(-c3ccccc3)nc3sc(C(=O)N(c4ccccc4)c4ccccc4)c(N=[N+]=[N-])c23)o1. The Bertz CT molecular complexity index is 1800. The van der Waals surface area contributed by atoms with Crippen LogP contribution in [0.2, 0.25) is 0 Å². The van der Waals surface area contributed by atoms with Gasteiger partial charge in [-0.05, 0) is 54.9 Å². The number of aryl methyl sites for hydroxylation is 1. The zero-order valence-electron chi connectivity index (χ0n) is 20.9. The minimum Gasteiger partial charge on any atom is -0.461 e. The van der Waals surface area contributed by atoms with Gasteiger partial charge in [-0.3, -0.25) is 9.69 Å². The number of carbonyl (C=O) groups is 1. The molecule has 0 unspecified atom stereocenters. The number of benzene rings is 3. The third-order valence-electron chi connectivity index (χ3n) is 6.28. The lowest BCUT2D eigenvalue weighted by atomic mass is 10.0. The van der Waals surface area contributed by atoms with Gasteiger partial charge in [0.05, 0.1) is 11.4 Å². The molecule has 8 heteroatoms. The van der Waals surface area contributed by atoms with Crippen molar-refractivity contribution in [3.05, 3.63) is 130 Å². The van der Waals surface area contributed by atoms with Gasteiger partial charge in [0, 0.05) is 32.8 Å². The van der Waals surface area contributed by atoms with Crippen LogP contribution in [-0.2, 0) is 0 Å². The third-order valence-corrected chi connectivity index (χ3v) is 7.34. The number of carbonyl (C=O) groups excluding carboxylic acids is 1. The van der Waals surface area contributed by atoms with E-state index in [1.54, 1.807) is 4.90 Å². The largest absolute Gasteiger partial charge is 0.461 e. The fourth-order valence-corrected chi connectivity index (χ4v) is 5.60. The van der Waals surface area contributed by atoms with Gasteiger partial charge >= 0.3 is 0 Å². The highest BCUT2D eigenvalue weighted by Gasteiger charge is 2.28. The highest BCUT2D eigenvalue weighted by molar-refractivity contribution is 7.21. The van der Waals surface area contributed by atoms with Crippen LogP contribution >= 0.6 is 11.3 Å². The Morgan fingerprint density at radius 3 is 2.08 bits per heavy atom. The van der Waals surface area contributed by atoms with Crippen LogP contribution in [0.1, 0.15) is 15.4 Å². The number of amides is 1. The van der Waals surface area contributed by atoms with Crippen molar-refractivity contribution < 1.29 is 9.21 Å². The molecule has 6 rings (SSSR count). The highest BCUT2D eigenvalue weighted by atomic mass is 32.1. The van der Waals surface area contributed by atoms with E-state index in [4.69, 9.17) is 9.40 Å². The van der Waals surface area contributed by atoms with E-state index in [2.05, 4.69) is 10.0 Å². The second kappa shape index (κ2) is 10.3. The summed E-state index contributed by atoms with van der Waals surface area (Å²) in [7, 11) is 0. The van der Waals surface area contributed by atoms with Crippen molar-refractivity contribution in [3.8, 4) is 22.6 Å². The van der Waals surface area contributed by atoms with Crippen molar-refractivity contribution >= 4 is 44.5 Å². The number of para-hydroxylation sites is 2. The number of hydrogen-bond donors (Lipinski definition) is 0. The Labute approximate surface area is 228 Å². The Balaban J connectivity index is 1.63. The van der Waals surface area contributed by atoms with Gasteiger partial charge in [-0.2, -0.15) is 0 Å². The minimum absolute atomic E-state index is 0.232. The lowest BCUT2D eigenvalue weighted by molar-refractivity contribution is 0.100. The summed E-state index contributed by atoms with van der Waals surface area (Å²) >= 11 is 1.21. The standard InChI is InChI=1S/C31H21N5O2S/c1-20-17-18-26(38-20)24-19-25(21-11-5-2-6-12-21)33-30-27(24)28(34-35-32)29(39-30)31(37)36(22-13-7-3-8-14-22)23-15-9-4-10-16-23/h2-19H,1H3. The third kappa shape index (κ3) is 4.55. The van der Waals surface area contributed by atoms with E-state index >= 15 is 0 Å². The molecule has 0 N–H and O–H groups in total. The average Bonchev–Trinajstić information content (AvgIpc) is 3.58. The molecule has 0 bridgehead atoms. The first-order chi connectivity index (χ1) is 19.1. The molecule has 3 aromatic heterocycles. The molecule has 188 valence electrons. The van der Waals surface area contributed by atoms with Crippen LogP contribution in [0.4, 0.5) is 17.1 Å². The molecular weight excluding hydrogens is 506 g/mol. The van der Waals surface area contributed by atoms with Crippen LogP contribution in [-0.4, -0.2) is 10.9 Å². The molecule has 39 heavy (non-hydrogen) atoms. The molecule has 0 radical (unpaired) electrons. The molecule has 0 saturated carbocycles. The zero-order valence-corrected chi connectivity index (χ0v) is 21.7. The Morgan fingerprint density at radius 2 is 1.51 bits per heavy atom. The molecule has 1 amide bonds. The van der Waals surface area contributed by atoms with Gasteiger partial charge in [0.25, 0.3) is 5.91 Å². The van der Waals surface area contributed by atoms with Gasteiger partial charge in [-0.1, -0.05) is 71.8 Å². The summed E-state index contributed by atoms with van der Waals surface area (Å²) in [5, 5.41) is 4.62. The number of pyridine rings is 1. The van der Waals surface area contributed by atoms with Crippen LogP contribution in [0.3, 0.4) is 0 Å². The molecule has 7 nitrogen and oxygen atoms in total. The van der Waals surface area contributed by atoms with E-state index < -0.39 is 0 Å². The number of fused-ring (bicyclic) bond motifs is 1. The molecule has 0 fully saturated rings. The maximum Gasteiger partial charge on any atom is 0.273 e. The number of rotatable bonds is 6. The summed E-state index contributed by atoms with van der Waals surface area (Å²) in [4.78, 5) is 24.8. The van der Waals surface area contributed by atoms with E-state index in [0.717, 1.165) is 17.0 Å². The van der Waals surface area contributed by atoms with Crippen molar-refractivity contribution in [1.29, 1.82) is 0 Å². The first kappa shape index (κ1) is 24.2. The Morgan fingerprint density at radius 1 is 0.897 bits per heavy atom. The predicted octanol–water partition coefficient (Wildman–Crippen LogP) is 9.45. The van der Waals surface area contributed by atoms with Crippen molar-refractivity contribution in [1.82, 2.24) is 4.98 Å². The number of furan rings is 1. The summed E-state index contributed by atoms with van der Waals surface area (Å²) in [6, 6.07) is 34.3. The van der Waals surface area contributed by atoms with E-state index in [0.29, 0.717) is 32.9 Å². The second-order valence-electron chi connectivity index (χ2n) is 8.79. The average molecular weight is 528 g/mol. The van der Waals surface area contributed by atoms with E-state index in [1.807, 2.05) is 116 Å². The molecule has 0 saturated heterocycles. The molecular formula is C31H21N5O2S. The van der Waals surface area contributed by atoms with Crippen LogP contribution in [0.25, 0.3) is 43.2 Å². The predicted molar refractivity (Wildman–Crippen MR) is 156 cm³/mol. The van der Waals surface area contributed by atoms with Crippen LogP contribution in [0.5, 0.6) is 0 Å². The normalized spacial score (nSPS) is 10.8. The summed E-state index contributed by atoms with van der Waals surface area (Å²) in [6.07, 6.45) is 0. The Kier molecular flexibility index (Phi) is 6.39. The van der Waals surface area contributed by atoms with Gasteiger partial charge in [0.1, 0.15) is 21.2 Å². The number of aromatic nitrogens is 1. The number of hydrogen-bond acceptors (Lipinski definition) is 5. The molecule has 0 spiro atoms. The molecule has 3 heterocycles. The Hall–Kier alpha value is -5.17. The maximum atomic E-state index is 14.3. The topological polar surface area (TPSA) is 95.1 Å². The molecule has 0 aliphatic heterocycles. The molecule has 3 aromatic carbocycles. The van der Waals surface area contributed by atoms with Gasteiger partial charge in [-0.25, -0.2) is 4.98 Å². The van der Waals surface area contributed by atoms with E-state index in [-0.39, 0.29) is 16.5 Å². The van der Waals surface area contributed by atoms with Gasteiger partial charge < -0.3 is 4.42 Å². The van der Waals surface area contributed by atoms with Crippen LogP contribution in [0.15, 0.2) is 119 Å². The summed E-state index contributed by atoms with van der Waals surface area (Å²) in [5.74, 6) is 1.03. The van der Waals surface area contributed by atoms with Crippen LogP contribution < -0.4 is 4.90 Å². The number of thiophene rings is 1. The minimum atomic E-state index is -0.319. The first-order valence-corrected chi connectivity index (χ1v) is 13.0. The van der Waals surface area contributed by atoms with E-state index in [1.165, 1.54) is 11.3 Å². The molecule has 6 aromatic rings. The van der Waals surface area contributed by atoms with Crippen molar-refractivity contribution in [3.63, 3.8) is 0 Å². The second-order valence-corrected chi connectivity index (χ2v) is 9.79. The smallest absolute Gasteiger partial charge is 0.273 e. The number of azide groups is 1. The number of nitrogens with zero attached hydrogens (tertiary/aromatic N) is 5.